The molecule has 0 heterocycles. The van der Waals surface area contributed by atoms with Crippen molar-refractivity contribution < 1.29 is 33.8 Å². The van der Waals surface area contributed by atoms with Crippen molar-refractivity contribution in [2.75, 3.05) is 13.2 Å². The summed E-state index contributed by atoms with van der Waals surface area (Å²) < 4.78 is 10.6. The van der Waals surface area contributed by atoms with Crippen LogP contribution < -0.4 is 16.0 Å². The number of nitrogens with one attached hydrogen (secondary N) is 3. The summed E-state index contributed by atoms with van der Waals surface area (Å²) in [6, 6.07) is 13.2. The maximum atomic E-state index is 12.7. The Hall–Kier alpha value is -4.08. The number of hydrogen-bond acceptors (Lipinski definition) is 6. The third kappa shape index (κ3) is 6.74. The van der Waals surface area contributed by atoms with E-state index < -0.39 is 41.7 Å². The summed E-state index contributed by atoms with van der Waals surface area (Å²) in [5.74, 6) is -2.22. The molecular weight excluding hydrogens is 466 g/mol. The minimum Gasteiger partial charge on any atom is -0.480 e. The Morgan fingerprint density at radius 1 is 0.917 bits per heavy atom. The SMILES string of the molecule is CC(NC(=O)C(CNC(=O)OC(C)(C)C)NC(=O)OCC1c2ccccc2-c2ccccc21)C(=O)O. The second-order valence-corrected chi connectivity index (χ2v) is 9.47. The number of aliphatic carboxylic acids is 1. The van der Waals surface area contributed by atoms with Crippen LogP contribution in [0.25, 0.3) is 11.1 Å². The van der Waals surface area contributed by atoms with E-state index in [9.17, 15) is 19.2 Å². The molecule has 0 fully saturated rings. The fraction of sp³-hybridized carbons (Fsp3) is 0.385. The normalized spacial score (nSPS) is 14.0. The number of benzene rings is 2. The topological polar surface area (TPSA) is 143 Å². The molecule has 4 N–H and O–H groups in total. The summed E-state index contributed by atoms with van der Waals surface area (Å²) in [6.45, 7) is 6.02. The zero-order chi connectivity index (χ0) is 26.5. The van der Waals surface area contributed by atoms with Gasteiger partial charge in [0.1, 0.15) is 24.3 Å². The van der Waals surface area contributed by atoms with Crippen molar-refractivity contribution in [3.63, 3.8) is 0 Å². The second-order valence-electron chi connectivity index (χ2n) is 9.47. The Bertz CT molecular complexity index is 1100. The van der Waals surface area contributed by atoms with Gasteiger partial charge >= 0.3 is 18.2 Å². The van der Waals surface area contributed by atoms with Crippen LogP contribution in [0.4, 0.5) is 9.59 Å². The number of carbonyl (C=O) groups is 4. The van der Waals surface area contributed by atoms with Crippen molar-refractivity contribution in [3.05, 3.63) is 59.7 Å². The van der Waals surface area contributed by atoms with E-state index >= 15 is 0 Å². The average molecular weight is 498 g/mol. The summed E-state index contributed by atoms with van der Waals surface area (Å²) >= 11 is 0. The van der Waals surface area contributed by atoms with Gasteiger partial charge in [-0.25, -0.2) is 9.59 Å². The number of carboxylic acids is 1. The number of ether oxygens (including phenoxy) is 2. The molecule has 0 spiro atoms. The number of amides is 3. The lowest BCUT2D eigenvalue weighted by Crippen LogP contribution is -2.55. The van der Waals surface area contributed by atoms with Crippen LogP contribution in [0.1, 0.15) is 44.7 Å². The smallest absolute Gasteiger partial charge is 0.407 e. The number of carboxylic acid groups (broad SMARTS) is 1. The van der Waals surface area contributed by atoms with Crippen LogP contribution in [0, 0.1) is 0 Å². The van der Waals surface area contributed by atoms with Gasteiger partial charge < -0.3 is 30.5 Å². The molecule has 2 atom stereocenters. The molecule has 0 aliphatic heterocycles. The van der Waals surface area contributed by atoms with Crippen LogP contribution in [0.5, 0.6) is 0 Å². The van der Waals surface area contributed by atoms with Gasteiger partial charge in [0, 0.05) is 5.92 Å². The zero-order valence-electron chi connectivity index (χ0n) is 20.7. The van der Waals surface area contributed by atoms with Gasteiger partial charge in [0.25, 0.3) is 0 Å². The molecule has 36 heavy (non-hydrogen) atoms. The van der Waals surface area contributed by atoms with E-state index in [1.807, 2.05) is 48.5 Å². The van der Waals surface area contributed by atoms with E-state index in [0.29, 0.717) is 0 Å². The van der Waals surface area contributed by atoms with Crippen molar-refractivity contribution >= 4 is 24.1 Å². The first kappa shape index (κ1) is 26.5. The molecule has 10 heteroatoms. The standard InChI is InChI=1S/C26H31N3O7/c1-15(23(31)32)28-22(30)21(13-27-24(33)36-26(2,3)4)29-25(34)35-14-20-18-11-7-5-9-16(18)17-10-6-8-12-19(17)20/h5-12,15,20-21H,13-14H2,1-4H3,(H,27,33)(H,28,30)(H,29,34)(H,31,32). The largest absolute Gasteiger partial charge is 0.480 e. The molecule has 0 radical (unpaired) electrons. The molecule has 2 unspecified atom stereocenters. The van der Waals surface area contributed by atoms with E-state index in [1.54, 1.807) is 20.8 Å². The van der Waals surface area contributed by atoms with Crippen LogP contribution in [-0.4, -0.2) is 60.0 Å². The van der Waals surface area contributed by atoms with Crippen LogP contribution in [0.2, 0.25) is 0 Å². The number of alkyl carbamates (subject to hydrolysis) is 2. The summed E-state index contributed by atoms with van der Waals surface area (Å²) in [4.78, 5) is 48.5. The van der Waals surface area contributed by atoms with Crippen molar-refractivity contribution in [2.24, 2.45) is 0 Å². The third-order valence-corrected chi connectivity index (χ3v) is 5.53. The van der Waals surface area contributed by atoms with Gasteiger partial charge in [-0.3, -0.25) is 9.59 Å². The fourth-order valence-electron chi connectivity index (χ4n) is 3.87. The Balaban J connectivity index is 1.66. The first-order valence-electron chi connectivity index (χ1n) is 11.6. The van der Waals surface area contributed by atoms with Gasteiger partial charge in [-0.1, -0.05) is 48.5 Å². The van der Waals surface area contributed by atoms with Crippen LogP contribution in [-0.2, 0) is 19.1 Å². The highest BCUT2D eigenvalue weighted by atomic mass is 16.6. The Morgan fingerprint density at radius 3 is 2.00 bits per heavy atom. The van der Waals surface area contributed by atoms with Gasteiger partial charge in [0.05, 0.1) is 6.54 Å². The Kier molecular flexibility index (Phi) is 8.18. The highest BCUT2D eigenvalue weighted by molar-refractivity contribution is 5.89. The molecule has 0 saturated heterocycles. The van der Waals surface area contributed by atoms with E-state index in [0.717, 1.165) is 22.3 Å². The quantitative estimate of drug-likeness (QED) is 0.439. The van der Waals surface area contributed by atoms with Crippen molar-refractivity contribution in [2.45, 2.75) is 51.3 Å². The lowest BCUT2D eigenvalue weighted by molar-refractivity contribution is -0.141. The molecule has 1 aliphatic rings. The molecule has 0 bridgehead atoms. The molecule has 3 rings (SSSR count). The number of carbonyl (C=O) groups excluding carboxylic acids is 3. The molecule has 3 amide bonds. The van der Waals surface area contributed by atoms with Gasteiger partial charge in [-0.15, -0.1) is 0 Å². The van der Waals surface area contributed by atoms with E-state index in [2.05, 4.69) is 16.0 Å². The maximum Gasteiger partial charge on any atom is 0.407 e. The highest BCUT2D eigenvalue weighted by Gasteiger charge is 2.30. The molecular formula is C26H31N3O7. The molecule has 192 valence electrons. The summed E-state index contributed by atoms with van der Waals surface area (Å²) in [5, 5.41) is 16.2. The van der Waals surface area contributed by atoms with Crippen molar-refractivity contribution in [1.82, 2.24) is 16.0 Å². The summed E-state index contributed by atoms with van der Waals surface area (Å²) in [5.41, 5.74) is 3.44. The highest BCUT2D eigenvalue weighted by Crippen LogP contribution is 2.44. The average Bonchev–Trinajstić information content (AvgIpc) is 3.12. The monoisotopic (exact) mass is 497 g/mol. The molecule has 0 saturated carbocycles. The Labute approximate surface area is 209 Å². The van der Waals surface area contributed by atoms with E-state index in [-0.39, 0.29) is 19.1 Å². The maximum absolute atomic E-state index is 12.7. The van der Waals surface area contributed by atoms with E-state index in [4.69, 9.17) is 14.6 Å². The van der Waals surface area contributed by atoms with Gasteiger partial charge in [0.15, 0.2) is 0 Å². The lowest BCUT2D eigenvalue weighted by atomic mass is 9.98. The summed E-state index contributed by atoms with van der Waals surface area (Å²) in [6.07, 6.45) is -1.67. The molecule has 2 aromatic rings. The number of fused-ring (bicyclic) bond motifs is 3. The molecule has 10 nitrogen and oxygen atoms in total. The van der Waals surface area contributed by atoms with Crippen LogP contribution in [0.15, 0.2) is 48.5 Å². The predicted molar refractivity (Wildman–Crippen MR) is 131 cm³/mol. The number of rotatable bonds is 8. The summed E-state index contributed by atoms with van der Waals surface area (Å²) in [7, 11) is 0. The molecule has 2 aromatic carbocycles. The lowest BCUT2D eigenvalue weighted by Gasteiger charge is -2.23. The van der Waals surface area contributed by atoms with Crippen molar-refractivity contribution in [1.29, 1.82) is 0 Å². The van der Waals surface area contributed by atoms with Crippen LogP contribution in [0.3, 0.4) is 0 Å². The third-order valence-electron chi connectivity index (χ3n) is 5.53. The first-order valence-corrected chi connectivity index (χ1v) is 11.6. The number of hydrogen-bond donors (Lipinski definition) is 4. The van der Waals surface area contributed by atoms with Crippen LogP contribution >= 0.6 is 0 Å². The predicted octanol–water partition coefficient (Wildman–Crippen LogP) is 3.01. The Morgan fingerprint density at radius 2 is 1.47 bits per heavy atom. The first-order chi connectivity index (χ1) is 17.0. The minimum absolute atomic E-state index is 0.0270. The molecule has 0 aromatic heterocycles. The molecule has 1 aliphatic carbocycles. The minimum atomic E-state index is -1.30. The van der Waals surface area contributed by atoms with E-state index in [1.165, 1.54) is 6.92 Å². The zero-order valence-corrected chi connectivity index (χ0v) is 20.7. The van der Waals surface area contributed by atoms with Gasteiger partial charge in [0.2, 0.25) is 5.91 Å². The second kappa shape index (κ2) is 11.1. The van der Waals surface area contributed by atoms with Gasteiger partial charge in [-0.05, 0) is 49.9 Å². The fourth-order valence-corrected chi connectivity index (χ4v) is 3.87. The van der Waals surface area contributed by atoms with Crippen molar-refractivity contribution in [3.8, 4) is 11.1 Å². The van der Waals surface area contributed by atoms with Gasteiger partial charge in [-0.2, -0.15) is 0 Å².